The van der Waals surface area contributed by atoms with Crippen molar-refractivity contribution >= 4 is 22.7 Å². The average molecular weight is 387 g/mol. The Morgan fingerprint density at radius 1 is 1.07 bits per heavy atom. The molecule has 0 spiro atoms. The van der Waals surface area contributed by atoms with Gasteiger partial charge < -0.3 is 11.1 Å². The van der Waals surface area contributed by atoms with E-state index in [-0.39, 0.29) is 17.5 Å². The number of carbonyl (C=O) groups is 2. The number of hydrogen-bond donors (Lipinski definition) is 2. The molecular formula is C20H16F3N3O2. The number of nitrogens with two attached hydrogens (primary N) is 1. The van der Waals surface area contributed by atoms with E-state index in [0.717, 1.165) is 17.5 Å². The van der Waals surface area contributed by atoms with Gasteiger partial charge in [0.2, 0.25) is 5.91 Å². The number of hydrogen-bond acceptors (Lipinski definition) is 3. The molecule has 8 heteroatoms. The molecule has 0 aliphatic heterocycles. The van der Waals surface area contributed by atoms with Crippen LogP contribution >= 0.6 is 0 Å². The monoisotopic (exact) mass is 387 g/mol. The largest absolute Gasteiger partial charge is 0.416 e. The van der Waals surface area contributed by atoms with Crippen LogP contribution in [0, 0.1) is 0 Å². The topological polar surface area (TPSA) is 85.1 Å². The second kappa shape index (κ2) is 7.67. The summed E-state index contributed by atoms with van der Waals surface area (Å²) >= 11 is 0. The second-order valence-corrected chi connectivity index (χ2v) is 6.25. The highest BCUT2D eigenvalue weighted by molar-refractivity contribution is 5.99. The molecule has 0 aliphatic rings. The lowest BCUT2D eigenvalue weighted by Gasteiger charge is -2.16. The van der Waals surface area contributed by atoms with Crippen LogP contribution in [0.25, 0.3) is 10.9 Å². The van der Waals surface area contributed by atoms with Gasteiger partial charge in [-0.25, -0.2) is 0 Å². The lowest BCUT2D eigenvalue weighted by Crippen LogP contribution is -2.45. The first-order valence-corrected chi connectivity index (χ1v) is 8.35. The van der Waals surface area contributed by atoms with Crippen LogP contribution in [0.1, 0.15) is 21.5 Å². The van der Waals surface area contributed by atoms with Gasteiger partial charge in [0.05, 0.1) is 16.6 Å². The molecule has 3 rings (SSSR count). The quantitative estimate of drug-likeness (QED) is 0.706. The van der Waals surface area contributed by atoms with Gasteiger partial charge in [-0.3, -0.25) is 14.6 Å². The molecule has 2 amide bonds. The second-order valence-electron chi connectivity index (χ2n) is 6.25. The minimum absolute atomic E-state index is 0.161. The van der Waals surface area contributed by atoms with Crippen LogP contribution < -0.4 is 11.1 Å². The third kappa shape index (κ3) is 4.46. The molecule has 2 aromatic carbocycles. The summed E-state index contributed by atoms with van der Waals surface area (Å²) in [6, 6.07) is 12.2. The molecule has 3 N–H and O–H groups in total. The normalized spacial score (nSPS) is 12.5. The van der Waals surface area contributed by atoms with Crippen molar-refractivity contribution < 1.29 is 22.8 Å². The van der Waals surface area contributed by atoms with Crippen molar-refractivity contribution in [2.45, 2.75) is 18.6 Å². The number of aromatic nitrogens is 1. The molecule has 5 nitrogen and oxygen atoms in total. The van der Waals surface area contributed by atoms with Gasteiger partial charge >= 0.3 is 6.18 Å². The van der Waals surface area contributed by atoms with Gasteiger partial charge in [-0.15, -0.1) is 0 Å². The summed E-state index contributed by atoms with van der Waals surface area (Å²) in [5.74, 6) is -1.44. The van der Waals surface area contributed by atoms with Gasteiger partial charge in [-0.1, -0.05) is 36.4 Å². The third-order valence-corrected chi connectivity index (χ3v) is 4.20. The maximum Gasteiger partial charge on any atom is 0.416 e. The van der Waals surface area contributed by atoms with Crippen LogP contribution in [0.5, 0.6) is 0 Å². The molecule has 0 bridgehead atoms. The predicted octanol–water partition coefficient (Wildman–Crippen LogP) is 3.08. The fraction of sp³-hybridized carbons (Fsp3) is 0.150. The third-order valence-electron chi connectivity index (χ3n) is 4.20. The summed E-state index contributed by atoms with van der Waals surface area (Å²) in [7, 11) is 0. The van der Waals surface area contributed by atoms with Crippen molar-refractivity contribution in [1.82, 2.24) is 10.3 Å². The Morgan fingerprint density at radius 3 is 2.54 bits per heavy atom. The van der Waals surface area contributed by atoms with Crippen LogP contribution in [0.2, 0.25) is 0 Å². The summed E-state index contributed by atoms with van der Waals surface area (Å²) < 4.78 is 38.6. The predicted molar refractivity (Wildman–Crippen MR) is 97.3 cm³/mol. The van der Waals surface area contributed by atoms with Gasteiger partial charge in [0.1, 0.15) is 6.04 Å². The fourth-order valence-corrected chi connectivity index (χ4v) is 2.77. The van der Waals surface area contributed by atoms with E-state index in [2.05, 4.69) is 10.3 Å². The first kappa shape index (κ1) is 19.3. The number of pyridine rings is 1. The van der Waals surface area contributed by atoms with E-state index in [9.17, 15) is 22.8 Å². The molecule has 0 aliphatic carbocycles. The number of carbonyl (C=O) groups excluding carboxylic acids is 2. The summed E-state index contributed by atoms with van der Waals surface area (Å²) in [5.41, 5.74) is 5.65. The summed E-state index contributed by atoms with van der Waals surface area (Å²) in [6.07, 6.45) is -3.30. The van der Waals surface area contributed by atoms with E-state index in [1.807, 2.05) is 6.07 Å². The van der Waals surface area contributed by atoms with E-state index in [1.54, 1.807) is 24.3 Å². The lowest BCUT2D eigenvalue weighted by atomic mass is 10.0. The maximum atomic E-state index is 12.9. The van der Waals surface area contributed by atoms with E-state index >= 15 is 0 Å². The van der Waals surface area contributed by atoms with E-state index < -0.39 is 29.6 Å². The van der Waals surface area contributed by atoms with Gasteiger partial charge in [0.15, 0.2) is 0 Å². The van der Waals surface area contributed by atoms with E-state index in [0.29, 0.717) is 5.52 Å². The Balaban J connectivity index is 1.79. The molecule has 0 unspecified atom stereocenters. The van der Waals surface area contributed by atoms with Crippen LogP contribution in [-0.4, -0.2) is 22.8 Å². The van der Waals surface area contributed by atoms with Crippen LogP contribution in [0.15, 0.2) is 60.8 Å². The standard InChI is InChI=1S/C20H16F3N3O2/c21-20(22,23)15-6-3-4-12(8-15)9-17(18(24)27)26-19(28)14-10-13-5-1-2-7-16(13)25-11-14/h1-8,10-11,17H,9H2,(H2,24,27)(H,26,28)/t17-/m0/s1. The van der Waals surface area contributed by atoms with Gasteiger partial charge in [0.25, 0.3) is 5.91 Å². The van der Waals surface area contributed by atoms with E-state index in [1.165, 1.54) is 18.3 Å². The number of primary amides is 1. The van der Waals surface area contributed by atoms with Crippen LogP contribution in [-0.2, 0) is 17.4 Å². The molecule has 1 heterocycles. The number of fused-ring (bicyclic) bond motifs is 1. The van der Waals surface area contributed by atoms with Crippen molar-refractivity contribution in [2.24, 2.45) is 5.73 Å². The SMILES string of the molecule is NC(=O)[C@H](Cc1cccc(C(F)(F)F)c1)NC(=O)c1cnc2ccccc2c1. The average Bonchev–Trinajstić information content (AvgIpc) is 2.66. The van der Waals surface area contributed by atoms with Crippen LogP contribution in [0.4, 0.5) is 13.2 Å². The number of rotatable bonds is 5. The molecule has 1 atom stereocenters. The Morgan fingerprint density at radius 2 is 1.82 bits per heavy atom. The number of para-hydroxylation sites is 1. The molecule has 28 heavy (non-hydrogen) atoms. The number of alkyl halides is 3. The molecular weight excluding hydrogens is 371 g/mol. The maximum absolute atomic E-state index is 12.9. The summed E-state index contributed by atoms with van der Waals surface area (Å²) in [6.45, 7) is 0. The first-order chi connectivity index (χ1) is 13.2. The zero-order chi connectivity index (χ0) is 20.3. The minimum atomic E-state index is -4.50. The highest BCUT2D eigenvalue weighted by atomic mass is 19.4. The Kier molecular flexibility index (Phi) is 5.30. The Labute approximate surface area is 158 Å². The first-order valence-electron chi connectivity index (χ1n) is 8.35. The smallest absolute Gasteiger partial charge is 0.368 e. The summed E-state index contributed by atoms with van der Waals surface area (Å²) in [4.78, 5) is 28.4. The number of amides is 2. The highest BCUT2D eigenvalue weighted by Gasteiger charge is 2.30. The van der Waals surface area contributed by atoms with Gasteiger partial charge in [0, 0.05) is 18.0 Å². The molecule has 0 saturated carbocycles. The van der Waals surface area contributed by atoms with Gasteiger partial charge in [-0.2, -0.15) is 13.2 Å². The molecule has 0 fully saturated rings. The number of nitrogens with zero attached hydrogens (tertiary/aromatic N) is 1. The molecule has 0 saturated heterocycles. The highest BCUT2D eigenvalue weighted by Crippen LogP contribution is 2.29. The van der Waals surface area contributed by atoms with Crippen molar-refractivity contribution in [2.75, 3.05) is 0 Å². The Hall–Kier alpha value is -3.42. The molecule has 144 valence electrons. The summed E-state index contributed by atoms with van der Waals surface area (Å²) in [5, 5.41) is 3.21. The Bertz CT molecular complexity index is 1030. The number of halogens is 3. The molecule has 1 aromatic heterocycles. The number of benzene rings is 2. The van der Waals surface area contributed by atoms with E-state index in [4.69, 9.17) is 5.73 Å². The van der Waals surface area contributed by atoms with Crippen molar-refractivity contribution in [3.63, 3.8) is 0 Å². The van der Waals surface area contributed by atoms with Crippen LogP contribution in [0.3, 0.4) is 0 Å². The zero-order valence-electron chi connectivity index (χ0n) is 14.5. The molecule has 3 aromatic rings. The fourth-order valence-electron chi connectivity index (χ4n) is 2.77. The van der Waals surface area contributed by atoms with Gasteiger partial charge in [-0.05, 0) is 23.8 Å². The number of nitrogens with one attached hydrogen (secondary N) is 1. The minimum Gasteiger partial charge on any atom is -0.368 e. The van der Waals surface area contributed by atoms with Crippen molar-refractivity contribution in [1.29, 1.82) is 0 Å². The molecule has 0 radical (unpaired) electrons. The zero-order valence-corrected chi connectivity index (χ0v) is 14.5. The van der Waals surface area contributed by atoms with Crippen molar-refractivity contribution in [3.8, 4) is 0 Å². The van der Waals surface area contributed by atoms with Crippen molar-refractivity contribution in [3.05, 3.63) is 77.5 Å². The lowest BCUT2D eigenvalue weighted by molar-refractivity contribution is -0.137.